The Morgan fingerprint density at radius 2 is 1.89 bits per heavy atom. The molecule has 0 fully saturated rings. The number of esters is 1. The van der Waals surface area contributed by atoms with Gasteiger partial charge in [0.25, 0.3) is 0 Å². The van der Waals surface area contributed by atoms with Crippen LogP contribution in [0.2, 0.25) is 0 Å². The molecule has 0 bridgehead atoms. The second kappa shape index (κ2) is 5.87. The fourth-order valence-corrected chi connectivity index (χ4v) is 2.28. The van der Waals surface area contributed by atoms with E-state index in [0.717, 1.165) is 18.2 Å². The molecule has 18 heavy (non-hydrogen) atoms. The topological polar surface area (TPSA) is 72.5 Å². The second-order valence-corrected chi connectivity index (χ2v) is 4.88. The maximum absolute atomic E-state index is 13.2. The summed E-state index contributed by atoms with van der Waals surface area (Å²) in [7, 11) is -4.44. The lowest BCUT2D eigenvalue weighted by Crippen LogP contribution is -2.31. The second-order valence-electron chi connectivity index (χ2n) is 3.18. The highest BCUT2D eigenvalue weighted by Gasteiger charge is 2.24. The minimum absolute atomic E-state index is 0.0780. The molecular weight excluding hydrogens is 268 g/mol. The number of carbonyl (C=O) groups is 1. The Kier molecular flexibility index (Phi) is 4.74. The Morgan fingerprint density at radius 3 is 2.39 bits per heavy atom. The maximum Gasteiger partial charge on any atom is 0.321 e. The lowest BCUT2D eigenvalue weighted by molar-refractivity contribution is -0.141. The molecule has 0 amide bonds. The number of hydrogen-bond acceptors (Lipinski definition) is 4. The van der Waals surface area contributed by atoms with Crippen molar-refractivity contribution in [2.24, 2.45) is 0 Å². The van der Waals surface area contributed by atoms with Gasteiger partial charge in [-0.3, -0.25) is 4.79 Å². The first-order valence-electron chi connectivity index (χ1n) is 4.97. The van der Waals surface area contributed by atoms with Gasteiger partial charge in [0.15, 0.2) is 4.90 Å². The zero-order valence-corrected chi connectivity index (χ0v) is 10.3. The van der Waals surface area contributed by atoms with Crippen LogP contribution in [0.1, 0.15) is 6.92 Å². The molecule has 0 aliphatic heterocycles. The molecule has 0 saturated heterocycles. The van der Waals surface area contributed by atoms with Crippen molar-refractivity contribution in [1.82, 2.24) is 4.72 Å². The zero-order valence-electron chi connectivity index (χ0n) is 9.44. The Hall–Kier alpha value is -1.54. The highest BCUT2D eigenvalue weighted by atomic mass is 32.2. The van der Waals surface area contributed by atoms with E-state index >= 15 is 0 Å². The number of ether oxygens (including phenoxy) is 1. The van der Waals surface area contributed by atoms with Gasteiger partial charge in [0.2, 0.25) is 10.0 Å². The molecule has 1 aromatic rings. The molecule has 0 heterocycles. The van der Waals surface area contributed by atoms with Gasteiger partial charge in [0.1, 0.15) is 18.2 Å². The lowest BCUT2D eigenvalue weighted by Gasteiger charge is -2.07. The molecule has 8 heteroatoms. The summed E-state index contributed by atoms with van der Waals surface area (Å²) < 4.78 is 55.9. The van der Waals surface area contributed by atoms with Crippen molar-refractivity contribution in [1.29, 1.82) is 0 Å². The van der Waals surface area contributed by atoms with Gasteiger partial charge < -0.3 is 4.74 Å². The highest BCUT2D eigenvalue weighted by molar-refractivity contribution is 7.89. The number of benzene rings is 1. The third kappa shape index (κ3) is 3.47. The van der Waals surface area contributed by atoms with Crippen molar-refractivity contribution >= 4 is 16.0 Å². The van der Waals surface area contributed by atoms with Crippen LogP contribution in [-0.4, -0.2) is 27.5 Å². The minimum atomic E-state index is -4.44. The monoisotopic (exact) mass is 279 g/mol. The van der Waals surface area contributed by atoms with Gasteiger partial charge in [-0.25, -0.2) is 17.2 Å². The maximum atomic E-state index is 13.2. The average Bonchev–Trinajstić information content (AvgIpc) is 2.26. The molecule has 0 aliphatic carbocycles. The third-order valence-corrected chi connectivity index (χ3v) is 3.35. The van der Waals surface area contributed by atoms with Gasteiger partial charge in [-0.05, 0) is 19.1 Å². The Balaban J connectivity index is 2.91. The lowest BCUT2D eigenvalue weighted by atomic mass is 10.3. The molecule has 0 atom stereocenters. The number of halogens is 2. The molecule has 0 radical (unpaired) electrons. The molecule has 1 rings (SSSR count). The van der Waals surface area contributed by atoms with Crippen molar-refractivity contribution in [3.8, 4) is 0 Å². The van der Waals surface area contributed by atoms with E-state index < -0.39 is 39.1 Å². The number of nitrogens with one attached hydrogen (secondary N) is 1. The van der Waals surface area contributed by atoms with Crippen molar-refractivity contribution in [3.05, 3.63) is 29.8 Å². The van der Waals surface area contributed by atoms with Gasteiger partial charge in [-0.1, -0.05) is 6.07 Å². The predicted octanol–water partition coefficient (Wildman–Crippen LogP) is 0.806. The zero-order chi connectivity index (χ0) is 13.8. The fraction of sp³-hybridized carbons (Fsp3) is 0.300. The van der Waals surface area contributed by atoms with E-state index in [9.17, 15) is 22.0 Å². The molecule has 1 N–H and O–H groups in total. The number of carbonyl (C=O) groups excluding carboxylic acids is 1. The van der Waals surface area contributed by atoms with Crippen LogP contribution in [0, 0.1) is 11.6 Å². The Labute approximate surface area is 103 Å². The number of sulfonamides is 1. The summed E-state index contributed by atoms with van der Waals surface area (Å²) in [6, 6.07) is 2.65. The smallest absolute Gasteiger partial charge is 0.321 e. The summed E-state index contributed by atoms with van der Waals surface area (Å²) in [6.45, 7) is 0.932. The van der Waals surface area contributed by atoms with Crippen molar-refractivity contribution < 1.29 is 26.7 Å². The molecule has 100 valence electrons. The van der Waals surface area contributed by atoms with E-state index in [2.05, 4.69) is 4.74 Å². The molecule has 5 nitrogen and oxygen atoms in total. The summed E-state index contributed by atoms with van der Waals surface area (Å²) in [4.78, 5) is 9.84. The fourth-order valence-electron chi connectivity index (χ4n) is 1.18. The summed E-state index contributed by atoms with van der Waals surface area (Å²) in [5.41, 5.74) is 0. The molecular formula is C10H11F2NO4S. The number of hydrogen-bond donors (Lipinski definition) is 1. The summed E-state index contributed by atoms with van der Waals surface area (Å²) in [5, 5.41) is 0. The van der Waals surface area contributed by atoms with E-state index in [1.54, 1.807) is 11.6 Å². The first kappa shape index (κ1) is 14.5. The van der Waals surface area contributed by atoms with Crippen LogP contribution >= 0.6 is 0 Å². The molecule has 0 saturated carbocycles. The van der Waals surface area contributed by atoms with Gasteiger partial charge in [0, 0.05) is 0 Å². The van der Waals surface area contributed by atoms with E-state index in [1.807, 2.05) is 0 Å². The first-order chi connectivity index (χ1) is 8.38. The molecule has 1 aromatic carbocycles. The van der Waals surface area contributed by atoms with Crippen molar-refractivity contribution in [2.45, 2.75) is 11.8 Å². The predicted molar refractivity (Wildman–Crippen MR) is 58.2 cm³/mol. The normalized spacial score (nSPS) is 11.3. The summed E-state index contributed by atoms with van der Waals surface area (Å²) in [6.07, 6.45) is 0. The van der Waals surface area contributed by atoms with Gasteiger partial charge in [-0.2, -0.15) is 4.72 Å². The molecule has 0 unspecified atom stereocenters. The SMILES string of the molecule is CCOC(=O)CNS(=O)(=O)c1c(F)cccc1F. The van der Waals surface area contributed by atoms with Crippen LogP contribution in [-0.2, 0) is 19.6 Å². The summed E-state index contributed by atoms with van der Waals surface area (Å²) in [5.74, 6) is -3.30. The van der Waals surface area contributed by atoms with Crippen molar-refractivity contribution in [2.75, 3.05) is 13.2 Å². The van der Waals surface area contributed by atoms with Crippen molar-refractivity contribution in [3.63, 3.8) is 0 Å². The summed E-state index contributed by atoms with van der Waals surface area (Å²) >= 11 is 0. The highest BCUT2D eigenvalue weighted by Crippen LogP contribution is 2.17. The number of rotatable bonds is 5. The minimum Gasteiger partial charge on any atom is -0.465 e. The molecule has 0 spiro atoms. The third-order valence-electron chi connectivity index (χ3n) is 1.90. The van der Waals surface area contributed by atoms with Gasteiger partial charge in [0.05, 0.1) is 6.61 Å². The van der Waals surface area contributed by atoms with Crippen LogP contribution < -0.4 is 4.72 Å². The molecule has 0 aromatic heterocycles. The molecule has 0 aliphatic rings. The Bertz CT molecular complexity index is 525. The first-order valence-corrected chi connectivity index (χ1v) is 6.46. The van der Waals surface area contributed by atoms with Gasteiger partial charge >= 0.3 is 5.97 Å². The van der Waals surface area contributed by atoms with E-state index in [-0.39, 0.29) is 6.61 Å². The van der Waals surface area contributed by atoms with Crippen LogP contribution in [0.15, 0.2) is 23.1 Å². The van der Waals surface area contributed by atoms with Crippen LogP contribution in [0.25, 0.3) is 0 Å². The standard InChI is InChI=1S/C10H11F2NO4S/c1-2-17-9(14)6-13-18(15,16)10-7(11)4-3-5-8(10)12/h3-5,13H,2,6H2,1H3. The Morgan fingerprint density at radius 1 is 1.33 bits per heavy atom. The van der Waals surface area contributed by atoms with E-state index in [0.29, 0.717) is 0 Å². The van der Waals surface area contributed by atoms with E-state index in [1.165, 1.54) is 0 Å². The van der Waals surface area contributed by atoms with E-state index in [4.69, 9.17) is 0 Å². The van der Waals surface area contributed by atoms with Crippen LogP contribution in [0.3, 0.4) is 0 Å². The largest absolute Gasteiger partial charge is 0.465 e. The van der Waals surface area contributed by atoms with Crippen LogP contribution in [0.4, 0.5) is 8.78 Å². The van der Waals surface area contributed by atoms with Crippen LogP contribution in [0.5, 0.6) is 0 Å². The average molecular weight is 279 g/mol. The quantitative estimate of drug-likeness (QED) is 0.809. The van der Waals surface area contributed by atoms with Gasteiger partial charge in [-0.15, -0.1) is 0 Å².